The second-order valence-corrected chi connectivity index (χ2v) is 9.23. The molecular weight excluding hydrogens is 430 g/mol. The van der Waals surface area contributed by atoms with Crippen LogP contribution in [0.25, 0.3) is 0 Å². The Bertz CT molecular complexity index is 1030. The van der Waals surface area contributed by atoms with E-state index in [4.69, 9.17) is 0 Å². The molecule has 27 heavy (non-hydrogen) atoms. The van der Waals surface area contributed by atoms with E-state index in [1.165, 1.54) is 6.07 Å². The second-order valence-electron chi connectivity index (χ2n) is 6.72. The third-order valence-electron chi connectivity index (χ3n) is 4.26. The maximum absolute atomic E-state index is 12.8. The lowest BCUT2D eigenvalue weighted by atomic mass is 10.0. The van der Waals surface area contributed by atoms with Gasteiger partial charge in [0.25, 0.3) is 10.0 Å². The van der Waals surface area contributed by atoms with Gasteiger partial charge in [0.15, 0.2) is 0 Å². The molecule has 0 bridgehead atoms. The molecular formula is C19H20BrN3O3S. The van der Waals surface area contributed by atoms with Crippen molar-refractivity contribution in [3.05, 3.63) is 58.1 Å². The van der Waals surface area contributed by atoms with Crippen molar-refractivity contribution in [3.8, 4) is 0 Å². The molecule has 1 atom stereocenters. The highest BCUT2D eigenvalue weighted by atomic mass is 79.9. The van der Waals surface area contributed by atoms with Crippen LogP contribution in [0.5, 0.6) is 0 Å². The van der Waals surface area contributed by atoms with Gasteiger partial charge in [0, 0.05) is 15.7 Å². The van der Waals surface area contributed by atoms with Gasteiger partial charge in [-0.2, -0.15) is 0 Å². The van der Waals surface area contributed by atoms with Crippen LogP contribution in [0.3, 0.4) is 0 Å². The van der Waals surface area contributed by atoms with Crippen molar-refractivity contribution in [1.82, 2.24) is 4.72 Å². The average Bonchev–Trinajstić information content (AvgIpc) is 2.86. The highest BCUT2D eigenvalue weighted by Gasteiger charge is 2.32. The number of carbonyl (C=O) groups is 1. The highest BCUT2D eigenvalue weighted by Crippen LogP contribution is 2.24. The Kier molecular flexibility index (Phi) is 5.39. The summed E-state index contributed by atoms with van der Waals surface area (Å²) >= 11 is 3.43. The fraction of sp³-hybridized carbons (Fsp3) is 0.263. The van der Waals surface area contributed by atoms with Gasteiger partial charge in [-0.25, -0.2) is 8.42 Å². The predicted octanol–water partition coefficient (Wildman–Crippen LogP) is 3.46. The normalized spacial score (nSPS) is 17.4. The molecule has 0 saturated heterocycles. The summed E-state index contributed by atoms with van der Waals surface area (Å²) in [5.41, 5.74) is 2.15. The Hall–Kier alpha value is -2.19. The van der Waals surface area contributed by atoms with E-state index in [2.05, 4.69) is 31.0 Å². The van der Waals surface area contributed by atoms with Crippen molar-refractivity contribution >= 4 is 43.4 Å². The van der Waals surface area contributed by atoms with Crippen LogP contribution in [-0.2, 0) is 14.8 Å². The summed E-state index contributed by atoms with van der Waals surface area (Å²) in [6.45, 7) is 5.68. The van der Waals surface area contributed by atoms with Gasteiger partial charge in [-0.15, -0.1) is 0 Å². The topological polar surface area (TPSA) is 87.6 Å². The van der Waals surface area contributed by atoms with Crippen LogP contribution in [-0.4, -0.2) is 26.2 Å². The van der Waals surface area contributed by atoms with Gasteiger partial charge in [-0.1, -0.05) is 41.9 Å². The summed E-state index contributed by atoms with van der Waals surface area (Å²) in [6.07, 6.45) is 0. The van der Waals surface area contributed by atoms with E-state index in [0.717, 1.165) is 10.0 Å². The quantitative estimate of drug-likeness (QED) is 0.748. The summed E-state index contributed by atoms with van der Waals surface area (Å²) in [5, 5.41) is 2.87. The summed E-state index contributed by atoms with van der Waals surface area (Å²) in [4.78, 5) is 17.4. The van der Waals surface area contributed by atoms with Crippen molar-refractivity contribution in [2.24, 2.45) is 10.9 Å². The standard InChI is InChI=1S/C19H20BrN3O3S/c1-11(2)17(19(24)21-13-8-9-15(20)12(3)10-13)22-18-14-6-4-5-7-16(14)27(25,26)23-18/h4-11,17H,1-3H3,(H,21,24)(H,22,23)/t17-/m1/s1. The number of nitrogens with zero attached hydrogens (tertiary/aromatic N) is 1. The smallest absolute Gasteiger partial charge is 0.263 e. The van der Waals surface area contributed by atoms with Gasteiger partial charge in [0.1, 0.15) is 11.9 Å². The van der Waals surface area contributed by atoms with Crippen molar-refractivity contribution < 1.29 is 13.2 Å². The second kappa shape index (κ2) is 7.44. The number of hydrogen-bond acceptors (Lipinski definition) is 4. The zero-order chi connectivity index (χ0) is 19.8. The fourth-order valence-corrected chi connectivity index (χ4v) is 4.30. The molecule has 0 aromatic heterocycles. The molecule has 2 aromatic rings. The van der Waals surface area contributed by atoms with Gasteiger partial charge < -0.3 is 5.32 Å². The van der Waals surface area contributed by atoms with E-state index in [9.17, 15) is 13.2 Å². The molecule has 1 aliphatic heterocycles. The summed E-state index contributed by atoms with van der Waals surface area (Å²) in [7, 11) is -3.64. The van der Waals surface area contributed by atoms with Gasteiger partial charge in [-0.05, 0) is 48.7 Å². The van der Waals surface area contributed by atoms with Crippen LogP contribution in [0.4, 0.5) is 5.69 Å². The molecule has 0 spiro atoms. The van der Waals surface area contributed by atoms with Crippen LogP contribution < -0.4 is 10.0 Å². The minimum Gasteiger partial charge on any atom is -0.324 e. The number of benzene rings is 2. The number of amides is 1. The van der Waals surface area contributed by atoms with Crippen molar-refractivity contribution in [1.29, 1.82) is 0 Å². The Morgan fingerprint density at radius 2 is 1.89 bits per heavy atom. The van der Waals surface area contributed by atoms with Crippen molar-refractivity contribution in [2.45, 2.75) is 31.7 Å². The molecule has 2 N–H and O–H groups in total. The molecule has 0 unspecified atom stereocenters. The highest BCUT2D eigenvalue weighted by molar-refractivity contribution is 9.10. The molecule has 1 amide bonds. The fourth-order valence-electron chi connectivity index (χ4n) is 2.82. The van der Waals surface area contributed by atoms with Crippen LogP contribution in [0.1, 0.15) is 25.0 Å². The SMILES string of the molecule is Cc1cc(NC(=O)[C@H](N=C2NS(=O)(=O)c3ccccc32)C(C)C)ccc1Br. The van der Waals surface area contributed by atoms with Gasteiger partial charge >= 0.3 is 0 Å². The number of sulfonamides is 1. The first-order chi connectivity index (χ1) is 12.7. The lowest BCUT2D eigenvalue weighted by Crippen LogP contribution is -2.34. The predicted molar refractivity (Wildman–Crippen MR) is 109 cm³/mol. The molecule has 1 heterocycles. The first-order valence-corrected chi connectivity index (χ1v) is 10.7. The Balaban J connectivity index is 1.91. The van der Waals surface area contributed by atoms with E-state index in [1.54, 1.807) is 24.3 Å². The Morgan fingerprint density at radius 3 is 2.56 bits per heavy atom. The molecule has 0 radical (unpaired) electrons. The molecule has 1 aliphatic rings. The van der Waals surface area contributed by atoms with Crippen molar-refractivity contribution in [2.75, 3.05) is 5.32 Å². The zero-order valence-corrected chi connectivity index (χ0v) is 17.6. The van der Waals surface area contributed by atoms with Crippen LogP contribution in [0, 0.1) is 12.8 Å². The number of carbonyl (C=O) groups excluding carboxylic acids is 1. The third kappa shape index (κ3) is 4.06. The zero-order valence-electron chi connectivity index (χ0n) is 15.2. The van der Waals surface area contributed by atoms with E-state index in [-0.39, 0.29) is 22.6 Å². The number of anilines is 1. The van der Waals surface area contributed by atoms with Crippen LogP contribution >= 0.6 is 15.9 Å². The maximum Gasteiger partial charge on any atom is 0.263 e. The van der Waals surface area contributed by atoms with Gasteiger partial charge in [0.2, 0.25) is 5.91 Å². The Morgan fingerprint density at radius 1 is 1.19 bits per heavy atom. The molecule has 142 valence electrons. The molecule has 6 nitrogen and oxygen atoms in total. The summed E-state index contributed by atoms with van der Waals surface area (Å²) in [6, 6.07) is 11.4. The molecule has 3 rings (SSSR count). The third-order valence-corrected chi connectivity index (χ3v) is 6.54. The largest absolute Gasteiger partial charge is 0.324 e. The van der Waals surface area contributed by atoms with Crippen LogP contribution in [0.2, 0.25) is 0 Å². The van der Waals surface area contributed by atoms with E-state index in [0.29, 0.717) is 11.3 Å². The number of aryl methyl sites for hydroxylation is 1. The van der Waals surface area contributed by atoms with Gasteiger partial charge in [0.05, 0.1) is 4.90 Å². The molecule has 0 saturated carbocycles. The monoisotopic (exact) mass is 449 g/mol. The molecule has 0 aliphatic carbocycles. The number of amidine groups is 1. The number of rotatable bonds is 4. The average molecular weight is 450 g/mol. The van der Waals surface area contributed by atoms with E-state index in [1.807, 2.05) is 32.9 Å². The van der Waals surface area contributed by atoms with Gasteiger partial charge in [-0.3, -0.25) is 14.5 Å². The molecule has 8 heteroatoms. The number of hydrogen-bond donors (Lipinski definition) is 2. The number of fused-ring (bicyclic) bond motifs is 1. The van der Waals surface area contributed by atoms with Crippen LogP contribution in [0.15, 0.2) is 56.8 Å². The first-order valence-electron chi connectivity index (χ1n) is 8.46. The van der Waals surface area contributed by atoms with E-state index < -0.39 is 16.1 Å². The number of halogens is 1. The van der Waals surface area contributed by atoms with Crippen molar-refractivity contribution in [3.63, 3.8) is 0 Å². The van der Waals surface area contributed by atoms with E-state index >= 15 is 0 Å². The first kappa shape index (κ1) is 19.6. The minimum absolute atomic E-state index is 0.119. The minimum atomic E-state index is -3.64. The number of aliphatic imine (C=N–C) groups is 1. The molecule has 2 aromatic carbocycles. The summed E-state index contributed by atoms with van der Waals surface area (Å²) < 4.78 is 27.9. The summed E-state index contributed by atoms with van der Waals surface area (Å²) in [5.74, 6) is -0.208. The Labute approximate surface area is 167 Å². The number of nitrogens with one attached hydrogen (secondary N) is 2. The lowest BCUT2D eigenvalue weighted by Gasteiger charge is -2.17. The maximum atomic E-state index is 12.8. The molecule has 0 fully saturated rings. The lowest BCUT2D eigenvalue weighted by molar-refractivity contribution is -0.118.